The molecule has 1 aromatic carbocycles. The van der Waals surface area contributed by atoms with Crippen molar-refractivity contribution >= 4 is 20.8 Å². The topological polar surface area (TPSA) is 53.8 Å². The summed E-state index contributed by atoms with van der Waals surface area (Å²) in [5, 5.41) is 1.15. The molecule has 2 aliphatic heterocycles. The minimum atomic E-state index is -2.95. The van der Waals surface area contributed by atoms with E-state index in [0.717, 1.165) is 42.8 Å². The molecule has 0 amide bonds. The van der Waals surface area contributed by atoms with E-state index in [1.807, 2.05) is 18.2 Å². The third-order valence-electron chi connectivity index (χ3n) is 5.71. The molecular formula is C19H26N2O3S. The van der Waals surface area contributed by atoms with Crippen molar-refractivity contribution in [3.8, 4) is 0 Å². The largest absolute Gasteiger partial charge is 0.459 e. The van der Waals surface area contributed by atoms with Gasteiger partial charge < -0.3 is 4.42 Å². The highest BCUT2D eigenvalue weighted by Gasteiger charge is 2.46. The van der Waals surface area contributed by atoms with Crippen LogP contribution in [0.25, 0.3) is 11.0 Å². The van der Waals surface area contributed by atoms with Crippen molar-refractivity contribution in [2.75, 3.05) is 31.1 Å². The number of benzene rings is 1. The summed E-state index contributed by atoms with van der Waals surface area (Å²) >= 11 is 0. The van der Waals surface area contributed by atoms with Gasteiger partial charge in [0.05, 0.1) is 18.1 Å². The molecular weight excluding hydrogens is 336 g/mol. The maximum absolute atomic E-state index is 12.3. The third-order valence-corrected chi connectivity index (χ3v) is 7.40. The predicted octanol–water partition coefficient (Wildman–Crippen LogP) is 2.43. The highest BCUT2D eigenvalue weighted by molar-refractivity contribution is 7.91. The lowest BCUT2D eigenvalue weighted by Gasteiger charge is -2.43. The molecule has 6 heteroatoms. The Bertz CT molecular complexity index is 874. The SMILES string of the molecule is CCCN1CCN(Cc2oc3ccccc3c2C)[C@H]2CS(=O)(=O)C[C@H]21. The second kappa shape index (κ2) is 6.41. The summed E-state index contributed by atoms with van der Waals surface area (Å²) in [6.45, 7) is 7.75. The van der Waals surface area contributed by atoms with Crippen LogP contribution in [0.2, 0.25) is 0 Å². The molecule has 0 bridgehead atoms. The van der Waals surface area contributed by atoms with Gasteiger partial charge in [-0.25, -0.2) is 8.42 Å². The number of piperazine rings is 1. The third kappa shape index (κ3) is 3.11. The zero-order valence-electron chi connectivity index (χ0n) is 14.9. The fraction of sp³-hybridized carbons (Fsp3) is 0.579. The van der Waals surface area contributed by atoms with Gasteiger partial charge in [-0.2, -0.15) is 0 Å². The summed E-state index contributed by atoms with van der Waals surface area (Å²) in [6, 6.07) is 8.30. The number of hydrogen-bond acceptors (Lipinski definition) is 5. The number of fused-ring (bicyclic) bond motifs is 2. The fourth-order valence-corrected chi connectivity index (χ4v) is 6.46. The summed E-state index contributed by atoms with van der Waals surface area (Å²) < 4.78 is 30.6. The number of furan rings is 1. The number of aryl methyl sites for hydroxylation is 1. The van der Waals surface area contributed by atoms with Crippen molar-refractivity contribution in [3.05, 3.63) is 35.6 Å². The molecule has 0 unspecified atom stereocenters. The lowest BCUT2D eigenvalue weighted by molar-refractivity contribution is 0.0367. The lowest BCUT2D eigenvalue weighted by Crippen LogP contribution is -2.58. The van der Waals surface area contributed by atoms with Gasteiger partial charge in [0.1, 0.15) is 11.3 Å². The van der Waals surface area contributed by atoms with Crippen molar-refractivity contribution in [1.82, 2.24) is 9.80 Å². The van der Waals surface area contributed by atoms with E-state index >= 15 is 0 Å². The zero-order chi connectivity index (χ0) is 17.6. The summed E-state index contributed by atoms with van der Waals surface area (Å²) in [5.41, 5.74) is 2.08. The number of rotatable bonds is 4. The van der Waals surface area contributed by atoms with Crippen LogP contribution in [0.4, 0.5) is 0 Å². The highest BCUT2D eigenvalue weighted by atomic mass is 32.2. The normalized spacial score (nSPS) is 27.0. The van der Waals surface area contributed by atoms with Crippen molar-refractivity contribution in [1.29, 1.82) is 0 Å². The Kier molecular flexibility index (Phi) is 4.38. The van der Waals surface area contributed by atoms with E-state index in [4.69, 9.17) is 4.42 Å². The van der Waals surface area contributed by atoms with E-state index in [-0.39, 0.29) is 17.8 Å². The molecule has 3 heterocycles. The Morgan fingerprint density at radius 2 is 1.80 bits per heavy atom. The van der Waals surface area contributed by atoms with Crippen LogP contribution in [0, 0.1) is 6.92 Å². The van der Waals surface area contributed by atoms with Crippen LogP contribution in [0.3, 0.4) is 0 Å². The second-order valence-corrected chi connectivity index (χ2v) is 9.52. The molecule has 0 N–H and O–H groups in total. The quantitative estimate of drug-likeness (QED) is 0.836. The molecule has 2 aromatic rings. The van der Waals surface area contributed by atoms with Crippen LogP contribution in [0.1, 0.15) is 24.7 Å². The maximum atomic E-state index is 12.3. The van der Waals surface area contributed by atoms with E-state index in [0.29, 0.717) is 12.3 Å². The molecule has 4 rings (SSSR count). The Morgan fingerprint density at radius 1 is 1.12 bits per heavy atom. The summed E-state index contributed by atoms with van der Waals surface area (Å²) in [4.78, 5) is 4.70. The van der Waals surface area contributed by atoms with E-state index in [2.05, 4.69) is 29.7 Å². The van der Waals surface area contributed by atoms with E-state index in [9.17, 15) is 8.42 Å². The maximum Gasteiger partial charge on any atom is 0.153 e. The van der Waals surface area contributed by atoms with Crippen LogP contribution in [0.5, 0.6) is 0 Å². The van der Waals surface area contributed by atoms with Gasteiger partial charge in [0.25, 0.3) is 0 Å². The van der Waals surface area contributed by atoms with E-state index in [1.165, 1.54) is 5.56 Å². The molecule has 136 valence electrons. The van der Waals surface area contributed by atoms with Gasteiger partial charge in [-0.05, 0) is 31.5 Å². The smallest absolute Gasteiger partial charge is 0.153 e. The Balaban J connectivity index is 1.61. The number of sulfone groups is 1. The molecule has 0 radical (unpaired) electrons. The molecule has 1 aromatic heterocycles. The van der Waals surface area contributed by atoms with Gasteiger partial charge in [-0.1, -0.05) is 25.1 Å². The fourth-order valence-electron chi connectivity index (χ4n) is 4.42. The molecule has 0 spiro atoms. The first kappa shape index (κ1) is 17.1. The van der Waals surface area contributed by atoms with Gasteiger partial charge in [-0.15, -0.1) is 0 Å². The Morgan fingerprint density at radius 3 is 2.52 bits per heavy atom. The molecule has 0 aliphatic carbocycles. The van der Waals surface area contributed by atoms with Crippen LogP contribution < -0.4 is 0 Å². The van der Waals surface area contributed by atoms with Crippen molar-refractivity contribution in [2.24, 2.45) is 0 Å². The minimum Gasteiger partial charge on any atom is -0.459 e. The van der Waals surface area contributed by atoms with Crippen LogP contribution in [0.15, 0.2) is 28.7 Å². The van der Waals surface area contributed by atoms with Crippen molar-refractivity contribution < 1.29 is 12.8 Å². The van der Waals surface area contributed by atoms with E-state index < -0.39 is 9.84 Å². The Labute approximate surface area is 149 Å². The molecule has 2 fully saturated rings. The predicted molar refractivity (Wildman–Crippen MR) is 99.5 cm³/mol. The molecule has 0 saturated carbocycles. The van der Waals surface area contributed by atoms with Crippen molar-refractivity contribution in [2.45, 2.75) is 38.9 Å². The van der Waals surface area contributed by atoms with Crippen LogP contribution in [-0.2, 0) is 16.4 Å². The van der Waals surface area contributed by atoms with Gasteiger partial charge in [0, 0.05) is 30.6 Å². The molecule has 2 aliphatic rings. The van der Waals surface area contributed by atoms with Gasteiger partial charge in [-0.3, -0.25) is 9.80 Å². The summed E-state index contributed by atoms with van der Waals surface area (Å²) in [7, 11) is -2.95. The molecule has 25 heavy (non-hydrogen) atoms. The lowest BCUT2D eigenvalue weighted by atomic mass is 10.0. The number of para-hydroxylation sites is 1. The zero-order valence-corrected chi connectivity index (χ0v) is 15.8. The first-order valence-corrected chi connectivity index (χ1v) is 11.0. The average molecular weight is 362 g/mol. The van der Waals surface area contributed by atoms with Crippen molar-refractivity contribution in [3.63, 3.8) is 0 Å². The van der Waals surface area contributed by atoms with Gasteiger partial charge in [0.2, 0.25) is 0 Å². The standard InChI is InChI=1S/C19H26N2O3S/c1-3-8-20-9-10-21(17-13-25(22,23)12-16(17)20)11-19-14(2)15-6-4-5-7-18(15)24-19/h4-7,16-17H,3,8-13H2,1-2H3/t16-,17+/m1/s1. The Hall–Kier alpha value is -1.37. The molecule has 5 nitrogen and oxygen atoms in total. The average Bonchev–Trinajstić information content (AvgIpc) is 3.07. The highest BCUT2D eigenvalue weighted by Crippen LogP contribution is 2.31. The monoisotopic (exact) mass is 362 g/mol. The second-order valence-electron chi connectivity index (χ2n) is 7.36. The first-order valence-electron chi connectivity index (χ1n) is 9.14. The number of hydrogen-bond donors (Lipinski definition) is 0. The van der Waals surface area contributed by atoms with Gasteiger partial charge in [0.15, 0.2) is 9.84 Å². The summed E-state index contributed by atoms with van der Waals surface area (Å²) in [5.74, 6) is 1.54. The van der Waals surface area contributed by atoms with Crippen LogP contribution in [-0.4, -0.2) is 61.4 Å². The van der Waals surface area contributed by atoms with Gasteiger partial charge >= 0.3 is 0 Å². The molecule has 2 atom stereocenters. The summed E-state index contributed by atoms with van der Waals surface area (Å²) in [6.07, 6.45) is 1.06. The first-order chi connectivity index (χ1) is 12.0. The van der Waals surface area contributed by atoms with E-state index in [1.54, 1.807) is 0 Å². The van der Waals surface area contributed by atoms with Crippen LogP contribution >= 0.6 is 0 Å². The molecule has 2 saturated heterocycles. The minimum absolute atomic E-state index is 0.0814. The number of nitrogens with zero attached hydrogens (tertiary/aromatic N) is 2.